The van der Waals surface area contributed by atoms with Gasteiger partial charge in [0.25, 0.3) is 0 Å². The molecule has 0 saturated heterocycles. The highest BCUT2D eigenvalue weighted by atomic mass is 32.2. The summed E-state index contributed by atoms with van der Waals surface area (Å²) in [4.78, 5) is 0.378. The van der Waals surface area contributed by atoms with E-state index in [9.17, 15) is 8.42 Å². The zero-order valence-electron chi connectivity index (χ0n) is 11.7. The van der Waals surface area contributed by atoms with Crippen LogP contribution in [0.3, 0.4) is 0 Å². The summed E-state index contributed by atoms with van der Waals surface area (Å²) >= 11 is 0. The van der Waals surface area contributed by atoms with Gasteiger partial charge < -0.3 is 0 Å². The van der Waals surface area contributed by atoms with E-state index in [0.29, 0.717) is 18.0 Å². The predicted molar refractivity (Wildman–Crippen MR) is 74.9 cm³/mol. The van der Waals surface area contributed by atoms with Gasteiger partial charge in [-0.2, -0.15) is 4.31 Å². The fourth-order valence-electron chi connectivity index (χ4n) is 1.80. The Morgan fingerprint density at radius 1 is 1.11 bits per heavy atom. The Morgan fingerprint density at radius 3 is 2.11 bits per heavy atom. The first kappa shape index (κ1) is 15.2. The van der Waals surface area contributed by atoms with E-state index < -0.39 is 10.0 Å². The van der Waals surface area contributed by atoms with Gasteiger partial charge >= 0.3 is 0 Å². The van der Waals surface area contributed by atoms with Crippen LogP contribution in [0.4, 0.5) is 0 Å². The Hall–Kier alpha value is -0.870. The quantitative estimate of drug-likeness (QED) is 0.823. The Labute approximate surface area is 111 Å². The van der Waals surface area contributed by atoms with E-state index in [0.717, 1.165) is 6.42 Å². The molecule has 18 heavy (non-hydrogen) atoms. The highest BCUT2D eigenvalue weighted by Crippen LogP contribution is 2.22. The molecule has 0 aliphatic heterocycles. The van der Waals surface area contributed by atoms with Crippen LogP contribution in [0.25, 0.3) is 0 Å². The van der Waals surface area contributed by atoms with Gasteiger partial charge in [-0.05, 0) is 24.0 Å². The fourth-order valence-corrected chi connectivity index (χ4v) is 3.58. The second-order valence-corrected chi connectivity index (χ2v) is 7.65. The monoisotopic (exact) mass is 269 g/mol. The Kier molecular flexibility index (Phi) is 4.93. The van der Waals surface area contributed by atoms with Crippen LogP contribution in [0.15, 0.2) is 35.2 Å². The first-order chi connectivity index (χ1) is 8.27. The van der Waals surface area contributed by atoms with Crippen LogP contribution in [0.1, 0.15) is 34.1 Å². The van der Waals surface area contributed by atoms with Crippen molar-refractivity contribution in [2.24, 2.45) is 5.41 Å². The van der Waals surface area contributed by atoms with Crippen LogP contribution in [-0.4, -0.2) is 25.8 Å². The second kappa shape index (κ2) is 5.85. The van der Waals surface area contributed by atoms with Crippen LogP contribution < -0.4 is 0 Å². The molecule has 0 bridgehead atoms. The molecule has 102 valence electrons. The number of nitrogens with zero attached hydrogens (tertiary/aromatic N) is 1. The number of hydrogen-bond acceptors (Lipinski definition) is 2. The van der Waals surface area contributed by atoms with Gasteiger partial charge in [0.05, 0.1) is 4.90 Å². The van der Waals surface area contributed by atoms with Crippen molar-refractivity contribution in [3.8, 4) is 0 Å². The second-order valence-electron chi connectivity index (χ2n) is 5.71. The van der Waals surface area contributed by atoms with Crippen molar-refractivity contribution >= 4 is 10.0 Å². The Morgan fingerprint density at radius 2 is 1.67 bits per heavy atom. The summed E-state index contributed by atoms with van der Waals surface area (Å²) in [6.45, 7) is 9.26. The highest BCUT2D eigenvalue weighted by molar-refractivity contribution is 7.89. The topological polar surface area (TPSA) is 37.4 Å². The third-order valence-electron chi connectivity index (χ3n) is 2.50. The van der Waals surface area contributed by atoms with Crippen molar-refractivity contribution in [2.75, 3.05) is 13.1 Å². The van der Waals surface area contributed by atoms with Crippen molar-refractivity contribution < 1.29 is 8.42 Å². The van der Waals surface area contributed by atoms with Crippen molar-refractivity contribution in [1.29, 1.82) is 0 Å². The largest absolute Gasteiger partial charge is 0.243 e. The van der Waals surface area contributed by atoms with E-state index in [1.54, 1.807) is 28.6 Å². The maximum absolute atomic E-state index is 12.5. The Balaban J connectivity index is 3.05. The molecule has 1 aromatic carbocycles. The SMILES string of the molecule is CCCN(CC(C)(C)C)S(=O)(=O)c1ccccc1. The average molecular weight is 269 g/mol. The van der Waals surface area contributed by atoms with E-state index in [1.807, 2.05) is 13.0 Å². The molecular weight excluding hydrogens is 246 g/mol. The number of sulfonamides is 1. The van der Waals surface area contributed by atoms with Gasteiger partial charge in [-0.3, -0.25) is 0 Å². The van der Waals surface area contributed by atoms with Crippen LogP contribution in [-0.2, 0) is 10.0 Å². The molecule has 0 atom stereocenters. The maximum atomic E-state index is 12.5. The summed E-state index contributed by atoms with van der Waals surface area (Å²) in [6, 6.07) is 8.65. The number of hydrogen-bond donors (Lipinski definition) is 0. The predicted octanol–water partition coefficient (Wildman–Crippen LogP) is 3.13. The summed E-state index contributed by atoms with van der Waals surface area (Å²) in [5, 5.41) is 0. The average Bonchev–Trinajstić information content (AvgIpc) is 2.28. The zero-order valence-corrected chi connectivity index (χ0v) is 12.5. The molecule has 0 aliphatic rings. The molecule has 4 heteroatoms. The summed E-state index contributed by atoms with van der Waals surface area (Å²) < 4.78 is 26.6. The first-order valence-corrected chi connectivity index (χ1v) is 7.76. The molecule has 1 rings (SSSR count). The minimum atomic E-state index is -3.36. The summed E-state index contributed by atoms with van der Waals surface area (Å²) in [5.41, 5.74) is -0.0446. The van der Waals surface area contributed by atoms with Crippen molar-refractivity contribution in [3.63, 3.8) is 0 Å². The molecule has 0 aliphatic carbocycles. The smallest absolute Gasteiger partial charge is 0.207 e. The minimum absolute atomic E-state index is 0.0446. The molecule has 0 saturated carbocycles. The molecule has 0 N–H and O–H groups in total. The first-order valence-electron chi connectivity index (χ1n) is 6.32. The van der Waals surface area contributed by atoms with Gasteiger partial charge in [0.15, 0.2) is 0 Å². The van der Waals surface area contributed by atoms with Gasteiger partial charge in [0.1, 0.15) is 0 Å². The third-order valence-corrected chi connectivity index (χ3v) is 4.36. The molecule has 0 fully saturated rings. The molecule has 0 radical (unpaired) electrons. The third kappa shape index (κ3) is 4.10. The van der Waals surface area contributed by atoms with Gasteiger partial charge in [-0.25, -0.2) is 8.42 Å². The molecule has 0 spiro atoms. The number of benzene rings is 1. The Bertz CT molecular complexity index is 460. The van der Waals surface area contributed by atoms with Gasteiger partial charge in [-0.1, -0.05) is 45.9 Å². The van der Waals surface area contributed by atoms with E-state index in [1.165, 1.54) is 0 Å². The van der Waals surface area contributed by atoms with Crippen LogP contribution >= 0.6 is 0 Å². The molecule has 1 aromatic rings. The molecule has 0 unspecified atom stereocenters. The maximum Gasteiger partial charge on any atom is 0.243 e. The standard InChI is InChI=1S/C14H23NO2S/c1-5-11-15(12-14(2,3)4)18(16,17)13-9-7-6-8-10-13/h6-10H,5,11-12H2,1-4H3. The molecule has 0 amide bonds. The van der Waals surface area contributed by atoms with Gasteiger partial charge in [-0.15, -0.1) is 0 Å². The fraction of sp³-hybridized carbons (Fsp3) is 0.571. The van der Waals surface area contributed by atoms with Crippen LogP contribution in [0, 0.1) is 5.41 Å². The minimum Gasteiger partial charge on any atom is -0.207 e. The lowest BCUT2D eigenvalue weighted by Gasteiger charge is -2.29. The summed E-state index contributed by atoms with van der Waals surface area (Å²) in [6.07, 6.45) is 0.822. The summed E-state index contributed by atoms with van der Waals surface area (Å²) in [7, 11) is -3.36. The van der Waals surface area contributed by atoms with Crippen molar-refractivity contribution in [3.05, 3.63) is 30.3 Å². The molecule has 3 nitrogen and oxygen atoms in total. The lowest BCUT2D eigenvalue weighted by molar-refractivity contribution is 0.281. The van der Waals surface area contributed by atoms with Crippen molar-refractivity contribution in [1.82, 2.24) is 4.31 Å². The van der Waals surface area contributed by atoms with Crippen molar-refractivity contribution in [2.45, 2.75) is 39.0 Å². The van der Waals surface area contributed by atoms with Crippen LogP contribution in [0.5, 0.6) is 0 Å². The molecule has 0 aromatic heterocycles. The normalized spacial score (nSPS) is 12.9. The lowest BCUT2D eigenvalue weighted by Crippen LogP contribution is -2.38. The number of rotatable bonds is 5. The van der Waals surface area contributed by atoms with Gasteiger partial charge in [0, 0.05) is 13.1 Å². The zero-order chi connectivity index (χ0) is 13.8. The van der Waals surface area contributed by atoms with Crippen LogP contribution in [0.2, 0.25) is 0 Å². The van der Waals surface area contributed by atoms with Gasteiger partial charge in [0.2, 0.25) is 10.0 Å². The van der Waals surface area contributed by atoms with E-state index in [2.05, 4.69) is 20.8 Å². The molecular formula is C14H23NO2S. The van der Waals surface area contributed by atoms with E-state index >= 15 is 0 Å². The highest BCUT2D eigenvalue weighted by Gasteiger charge is 2.27. The molecule has 0 heterocycles. The summed E-state index contributed by atoms with van der Waals surface area (Å²) in [5.74, 6) is 0. The van der Waals surface area contributed by atoms with E-state index in [4.69, 9.17) is 0 Å². The van der Waals surface area contributed by atoms with E-state index in [-0.39, 0.29) is 5.41 Å². The lowest BCUT2D eigenvalue weighted by atomic mass is 9.97.